The summed E-state index contributed by atoms with van der Waals surface area (Å²) in [6.45, 7) is 0. The van der Waals surface area contributed by atoms with Gasteiger partial charge in [-0.05, 0) is 12.1 Å². The second-order valence-corrected chi connectivity index (χ2v) is 5.34. The van der Waals surface area contributed by atoms with E-state index in [2.05, 4.69) is 4.98 Å². The minimum absolute atomic E-state index is 0.308. The highest BCUT2D eigenvalue weighted by Crippen LogP contribution is 2.36. The number of rotatable bonds is 0. The molecule has 2 heterocycles. The van der Waals surface area contributed by atoms with Crippen LogP contribution in [0.2, 0.25) is 0 Å². The summed E-state index contributed by atoms with van der Waals surface area (Å²) < 4.78 is 25.6. The molecule has 5 nitrogen and oxygen atoms in total. The lowest BCUT2D eigenvalue weighted by atomic mass is 10.3. The first kappa shape index (κ1) is 9.41. The van der Waals surface area contributed by atoms with Crippen molar-refractivity contribution in [2.24, 2.45) is 0 Å². The Hall–Kier alpha value is -1.82. The Bertz CT molecular complexity index is 660. The van der Waals surface area contributed by atoms with Gasteiger partial charge in [0.15, 0.2) is 0 Å². The molecule has 1 aliphatic rings. The zero-order valence-electron chi connectivity index (χ0n) is 8.53. The fourth-order valence-electron chi connectivity index (χ4n) is 1.87. The molecule has 6 heteroatoms. The minimum atomic E-state index is -3.48. The third-order valence-corrected chi connectivity index (χ3v) is 4.36. The number of para-hydroxylation sites is 1. The molecule has 1 aromatic heterocycles. The molecule has 0 unspecified atom stereocenters. The zero-order valence-corrected chi connectivity index (χ0v) is 9.35. The molecule has 0 fully saturated rings. The predicted molar refractivity (Wildman–Crippen MR) is 59.3 cm³/mol. The Kier molecular flexibility index (Phi) is 1.68. The van der Waals surface area contributed by atoms with E-state index >= 15 is 0 Å². The smallest absolute Gasteiger partial charge is 0.272 e. The van der Waals surface area contributed by atoms with E-state index in [-0.39, 0.29) is 0 Å². The zero-order chi connectivity index (χ0) is 11.3. The molecule has 0 bridgehead atoms. The van der Waals surface area contributed by atoms with Crippen LogP contribution in [0.25, 0.3) is 0 Å². The van der Waals surface area contributed by atoms with Gasteiger partial charge in [-0.15, -0.1) is 0 Å². The highest BCUT2D eigenvalue weighted by Gasteiger charge is 2.31. The van der Waals surface area contributed by atoms with Gasteiger partial charge in [-0.25, -0.2) is 17.4 Å². The van der Waals surface area contributed by atoms with E-state index < -0.39 is 10.0 Å². The molecule has 0 spiro atoms. The summed E-state index contributed by atoms with van der Waals surface area (Å²) in [7, 11) is -1.68. The minimum Gasteiger partial charge on any atom is -0.313 e. The Morgan fingerprint density at radius 3 is 2.81 bits per heavy atom. The second-order valence-electron chi connectivity index (χ2n) is 3.55. The number of hydrogen-bond acceptors (Lipinski definition) is 4. The highest BCUT2D eigenvalue weighted by molar-refractivity contribution is 7.90. The molecule has 0 aliphatic carbocycles. The van der Waals surface area contributed by atoms with Gasteiger partial charge < -0.3 is 4.90 Å². The van der Waals surface area contributed by atoms with Crippen molar-refractivity contribution < 1.29 is 8.42 Å². The van der Waals surface area contributed by atoms with Crippen molar-refractivity contribution in [2.45, 2.75) is 4.90 Å². The van der Waals surface area contributed by atoms with Crippen molar-refractivity contribution in [1.82, 2.24) is 8.96 Å². The number of aromatic nitrogens is 2. The fourth-order valence-corrected chi connectivity index (χ4v) is 3.40. The number of anilines is 2. The van der Waals surface area contributed by atoms with E-state index in [4.69, 9.17) is 0 Å². The van der Waals surface area contributed by atoms with Crippen LogP contribution in [0, 0.1) is 0 Å². The molecular weight excluding hydrogens is 226 g/mol. The number of fused-ring (bicyclic) bond motifs is 2. The van der Waals surface area contributed by atoms with Gasteiger partial charge in [0.2, 0.25) is 5.95 Å². The Morgan fingerprint density at radius 1 is 1.25 bits per heavy atom. The van der Waals surface area contributed by atoms with Gasteiger partial charge in [-0.2, -0.15) is 0 Å². The summed E-state index contributed by atoms with van der Waals surface area (Å²) in [4.78, 5) is 6.11. The van der Waals surface area contributed by atoms with Crippen molar-refractivity contribution in [2.75, 3.05) is 11.9 Å². The van der Waals surface area contributed by atoms with E-state index in [0.717, 1.165) is 0 Å². The summed E-state index contributed by atoms with van der Waals surface area (Å²) in [5.74, 6) is 0.415. The Balaban J connectivity index is 2.43. The van der Waals surface area contributed by atoms with Gasteiger partial charge in [0.25, 0.3) is 10.0 Å². The Morgan fingerprint density at radius 2 is 2.00 bits per heavy atom. The van der Waals surface area contributed by atoms with Crippen LogP contribution in [0.15, 0.2) is 41.6 Å². The molecule has 16 heavy (non-hydrogen) atoms. The molecule has 0 N–H and O–H groups in total. The molecule has 0 atom stereocenters. The lowest BCUT2D eigenvalue weighted by Crippen LogP contribution is -2.27. The molecule has 0 amide bonds. The summed E-state index contributed by atoms with van der Waals surface area (Å²) in [6, 6.07) is 6.89. The van der Waals surface area contributed by atoms with Crippen LogP contribution in [0.1, 0.15) is 0 Å². The first-order chi connectivity index (χ1) is 7.62. The molecule has 3 rings (SSSR count). The molecule has 1 aliphatic heterocycles. The number of imidazole rings is 1. The van der Waals surface area contributed by atoms with Crippen LogP contribution >= 0.6 is 0 Å². The molecule has 0 saturated heterocycles. The van der Waals surface area contributed by atoms with Crippen molar-refractivity contribution in [3.05, 3.63) is 36.7 Å². The maximum Gasteiger partial charge on any atom is 0.272 e. The van der Waals surface area contributed by atoms with Gasteiger partial charge in [0.05, 0.1) is 5.69 Å². The predicted octanol–water partition coefficient (Wildman–Crippen LogP) is 1.20. The van der Waals surface area contributed by atoms with Crippen molar-refractivity contribution in [1.29, 1.82) is 0 Å². The van der Waals surface area contributed by atoms with Gasteiger partial charge in [0, 0.05) is 19.4 Å². The third kappa shape index (κ3) is 0.992. The quantitative estimate of drug-likeness (QED) is 0.688. The van der Waals surface area contributed by atoms with Crippen LogP contribution in [0.5, 0.6) is 0 Å². The average molecular weight is 235 g/mol. The van der Waals surface area contributed by atoms with Crippen LogP contribution in [-0.4, -0.2) is 24.4 Å². The SMILES string of the molecule is CN1c2ccccc2S(=O)(=O)n2ccnc21. The van der Waals surface area contributed by atoms with E-state index in [1.54, 1.807) is 30.1 Å². The van der Waals surface area contributed by atoms with E-state index in [1.165, 1.54) is 16.4 Å². The summed E-state index contributed by atoms with van der Waals surface area (Å²) in [5, 5.41) is 0. The van der Waals surface area contributed by atoms with E-state index in [9.17, 15) is 8.42 Å². The molecule has 2 aromatic rings. The number of nitrogens with zero attached hydrogens (tertiary/aromatic N) is 3. The van der Waals surface area contributed by atoms with Gasteiger partial charge >= 0.3 is 0 Å². The molecule has 82 valence electrons. The molecule has 1 aromatic carbocycles. The standard InChI is InChI=1S/C10H9N3O2S/c1-12-8-4-2-3-5-9(8)16(14,15)13-7-6-11-10(12)13/h2-7H,1H3. The Labute approximate surface area is 93.0 Å². The number of hydrogen-bond donors (Lipinski definition) is 0. The normalized spacial score (nSPS) is 16.7. The summed E-state index contributed by atoms with van der Waals surface area (Å²) in [5.41, 5.74) is 0.654. The summed E-state index contributed by atoms with van der Waals surface area (Å²) >= 11 is 0. The van der Waals surface area contributed by atoms with E-state index in [0.29, 0.717) is 16.5 Å². The van der Waals surface area contributed by atoms with Gasteiger partial charge in [0.1, 0.15) is 4.90 Å². The topological polar surface area (TPSA) is 55.2 Å². The van der Waals surface area contributed by atoms with E-state index in [1.807, 2.05) is 6.07 Å². The third-order valence-electron chi connectivity index (χ3n) is 2.65. The summed E-state index contributed by atoms with van der Waals surface area (Å²) in [6.07, 6.45) is 2.94. The largest absolute Gasteiger partial charge is 0.313 e. The maximum absolute atomic E-state index is 12.2. The second kappa shape index (κ2) is 2.85. The molecular formula is C10H9N3O2S. The molecule has 0 saturated carbocycles. The average Bonchev–Trinajstić information content (AvgIpc) is 2.76. The van der Waals surface area contributed by atoms with Gasteiger partial charge in [-0.1, -0.05) is 12.1 Å². The lowest BCUT2D eigenvalue weighted by Gasteiger charge is -2.27. The van der Waals surface area contributed by atoms with Crippen molar-refractivity contribution >= 4 is 21.7 Å². The first-order valence-electron chi connectivity index (χ1n) is 4.74. The van der Waals surface area contributed by atoms with Crippen LogP contribution in [0.4, 0.5) is 11.6 Å². The maximum atomic E-state index is 12.2. The van der Waals surface area contributed by atoms with Crippen LogP contribution < -0.4 is 4.90 Å². The first-order valence-corrected chi connectivity index (χ1v) is 6.18. The number of benzene rings is 1. The van der Waals surface area contributed by atoms with Crippen molar-refractivity contribution in [3.8, 4) is 0 Å². The van der Waals surface area contributed by atoms with Crippen LogP contribution in [-0.2, 0) is 10.0 Å². The van der Waals surface area contributed by atoms with Crippen molar-refractivity contribution in [3.63, 3.8) is 0 Å². The van der Waals surface area contributed by atoms with Crippen LogP contribution in [0.3, 0.4) is 0 Å². The van der Waals surface area contributed by atoms with Gasteiger partial charge in [-0.3, -0.25) is 0 Å². The fraction of sp³-hybridized carbons (Fsp3) is 0.100. The lowest BCUT2D eigenvalue weighted by molar-refractivity contribution is 0.585. The molecule has 0 radical (unpaired) electrons. The monoisotopic (exact) mass is 235 g/mol. The highest BCUT2D eigenvalue weighted by atomic mass is 32.2.